The van der Waals surface area contributed by atoms with Crippen molar-refractivity contribution in [1.29, 1.82) is 0 Å². The normalized spacial score (nSPS) is 10.5. The number of primary amides is 1. The largest absolute Gasteiger partial charge is 0.504 e. The second-order valence-corrected chi connectivity index (χ2v) is 3.92. The molecule has 0 aromatic heterocycles. The van der Waals surface area contributed by atoms with Gasteiger partial charge in [-0.05, 0) is 19.1 Å². The molecule has 0 heterocycles. The van der Waals surface area contributed by atoms with E-state index in [0.29, 0.717) is 17.9 Å². The molecule has 1 rings (SSSR count). The van der Waals surface area contributed by atoms with Gasteiger partial charge in [0.05, 0.1) is 12.8 Å². The molecule has 1 aromatic rings. The van der Waals surface area contributed by atoms with Crippen LogP contribution in [0.25, 0.3) is 0 Å². The number of phenolic OH excluding ortho intramolecular Hbond substituents is 1. The number of amides is 2. The van der Waals surface area contributed by atoms with Crippen LogP contribution in [-0.2, 0) is 0 Å². The standard InChI is InChI=1S/C10H12BrN3O3/c1-2-17-8-4-7(11)3-6(9(8)15)5-13-14-10(12)16/h3-5,15H,2H2,1H3,(H3,12,14,16). The number of phenols is 1. The summed E-state index contributed by atoms with van der Waals surface area (Å²) in [5.74, 6) is 0.285. The van der Waals surface area contributed by atoms with Crippen LogP contribution < -0.4 is 15.9 Å². The van der Waals surface area contributed by atoms with Crippen molar-refractivity contribution in [2.45, 2.75) is 6.92 Å². The Kier molecular flexibility index (Phi) is 4.77. The molecule has 0 saturated carbocycles. The lowest BCUT2D eigenvalue weighted by molar-refractivity contribution is 0.249. The van der Waals surface area contributed by atoms with Crippen LogP contribution in [0, 0.1) is 0 Å². The Labute approximate surface area is 107 Å². The van der Waals surface area contributed by atoms with Crippen LogP contribution in [0.15, 0.2) is 21.7 Å². The fourth-order valence-corrected chi connectivity index (χ4v) is 1.58. The van der Waals surface area contributed by atoms with Gasteiger partial charge in [0.1, 0.15) is 0 Å². The fourth-order valence-electron chi connectivity index (χ4n) is 1.12. The van der Waals surface area contributed by atoms with Crippen LogP contribution in [0.4, 0.5) is 4.79 Å². The zero-order valence-corrected chi connectivity index (χ0v) is 10.7. The average molecular weight is 302 g/mol. The molecular formula is C10H12BrN3O3. The third kappa shape index (κ3) is 3.95. The molecule has 0 aliphatic heterocycles. The number of hydrazone groups is 1. The predicted molar refractivity (Wildman–Crippen MR) is 67.3 cm³/mol. The van der Waals surface area contributed by atoms with Crippen molar-refractivity contribution in [3.05, 3.63) is 22.2 Å². The molecule has 1 aromatic carbocycles. The molecular weight excluding hydrogens is 290 g/mol. The number of aromatic hydroxyl groups is 1. The zero-order chi connectivity index (χ0) is 12.8. The van der Waals surface area contributed by atoms with Crippen molar-refractivity contribution in [3.8, 4) is 11.5 Å². The van der Waals surface area contributed by atoms with E-state index in [2.05, 4.69) is 21.0 Å². The molecule has 0 radical (unpaired) electrons. The Hall–Kier alpha value is -1.76. The number of carbonyl (C=O) groups is 1. The van der Waals surface area contributed by atoms with Crippen LogP contribution in [0.5, 0.6) is 11.5 Å². The number of nitrogens with one attached hydrogen (secondary N) is 1. The van der Waals surface area contributed by atoms with Crippen molar-refractivity contribution >= 4 is 28.2 Å². The van der Waals surface area contributed by atoms with Crippen molar-refractivity contribution in [2.24, 2.45) is 10.8 Å². The number of ether oxygens (including phenoxy) is 1. The monoisotopic (exact) mass is 301 g/mol. The van der Waals surface area contributed by atoms with Gasteiger partial charge >= 0.3 is 6.03 Å². The Morgan fingerprint density at radius 2 is 2.41 bits per heavy atom. The maximum absolute atomic E-state index is 10.4. The number of urea groups is 1. The molecule has 0 aliphatic rings. The molecule has 0 saturated heterocycles. The number of nitrogens with zero attached hydrogens (tertiary/aromatic N) is 1. The molecule has 2 amide bonds. The first-order valence-corrected chi connectivity index (χ1v) is 5.57. The first-order valence-electron chi connectivity index (χ1n) is 4.78. The van der Waals surface area contributed by atoms with E-state index in [0.717, 1.165) is 4.47 Å². The van der Waals surface area contributed by atoms with Gasteiger partial charge < -0.3 is 15.6 Å². The number of halogens is 1. The van der Waals surface area contributed by atoms with Gasteiger partial charge in [-0.15, -0.1) is 0 Å². The summed E-state index contributed by atoms with van der Waals surface area (Å²) in [7, 11) is 0. The first-order chi connectivity index (χ1) is 8.04. The van der Waals surface area contributed by atoms with Gasteiger partial charge in [0, 0.05) is 10.0 Å². The number of hydrogen-bond acceptors (Lipinski definition) is 4. The second-order valence-electron chi connectivity index (χ2n) is 3.01. The van der Waals surface area contributed by atoms with E-state index in [1.165, 1.54) is 6.21 Å². The van der Waals surface area contributed by atoms with Crippen LogP contribution in [0.3, 0.4) is 0 Å². The van der Waals surface area contributed by atoms with Gasteiger partial charge in [0.15, 0.2) is 11.5 Å². The summed E-state index contributed by atoms with van der Waals surface area (Å²) < 4.78 is 5.95. The highest BCUT2D eigenvalue weighted by molar-refractivity contribution is 9.10. The smallest absolute Gasteiger partial charge is 0.332 e. The van der Waals surface area contributed by atoms with Crippen LogP contribution in [0.1, 0.15) is 12.5 Å². The number of carbonyl (C=O) groups excluding carboxylic acids is 1. The van der Waals surface area contributed by atoms with Crippen molar-refractivity contribution < 1.29 is 14.6 Å². The molecule has 7 heteroatoms. The molecule has 0 unspecified atom stereocenters. The van der Waals surface area contributed by atoms with E-state index in [4.69, 9.17) is 10.5 Å². The highest BCUT2D eigenvalue weighted by Crippen LogP contribution is 2.32. The highest BCUT2D eigenvalue weighted by atomic mass is 79.9. The topological polar surface area (TPSA) is 96.9 Å². The minimum Gasteiger partial charge on any atom is -0.504 e. The third-order valence-corrected chi connectivity index (χ3v) is 2.21. The lowest BCUT2D eigenvalue weighted by atomic mass is 10.2. The molecule has 0 atom stereocenters. The fraction of sp³-hybridized carbons (Fsp3) is 0.200. The van der Waals surface area contributed by atoms with E-state index in [1.807, 2.05) is 12.3 Å². The Morgan fingerprint density at radius 1 is 1.71 bits per heavy atom. The van der Waals surface area contributed by atoms with Gasteiger partial charge in [-0.3, -0.25) is 0 Å². The van der Waals surface area contributed by atoms with E-state index >= 15 is 0 Å². The van der Waals surface area contributed by atoms with Gasteiger partial charge in [-0.2, -0.15) is 5.10 Å². The maximum Gasteiger partial charge on any atom is 0.332 e. The highest BCUT2D eigenvalue weighted by Gasteiger charge is 2.08. The maximum atomic E-state index is 10.4. The SMILES string of the molecule is CCOc1cc(Br)cc(C=NNC(N)=O)c1O. The summed E-state index contributed by atoms with van der Waals surface area (Å²) in [6, 6.07) is 2.49. The summed E-state index contributed by atoms with van der Waals surface area (Å²) in [5.41, 5.74) is 7.27. The second kappa shape index (κ2) is 6.09. The molecule has 0 spiro atoms. The Bertz CT molecular complexity index is 449. The first kappa shape index (κ1) is 13.3. The zero-order valence-electron chi connectivity index (χ0n) is 9.11. The lowest BCUT2D eigenvalue weighted by Gasteiger charge is -2.08. The van der Waals surface area contributed by atoms with Crippen LogP contribution >= 0.6 is 15.9 Å². The van der Waals surface area contributed by atoms with Crippen molar-refractivity contribution in [3.63, 3.8) is 0 Å². The predicted octanol–water partition coefficient (Wildman–Crippen LogP) is 1.56. The minimum atomic E-state index is -0.777. The molecule has 17 heavy (non-hydrogen) atoms. The number of nitrogens with two attached hydrogens (primary N) is 1. The van der Waals surface area contributed by atoms with Crippen LogP contribution in [-0.4, -0.2) is 24.0 Å². The van der Waals surface area contributed by atoms with Crippen molar-refractivity contribution in [2.75, 3.05) is 6.61 Å². The number of hydrogen-bond donors (Lipinski definition) is 3. The minimum absolute atomic E-state index is 0.0509. The third-order valence-electron chi connectivity index (χ3n) is 1.75. The lowest BCUT2D eigenvalue weighted by Crippen LogP contribution is -2.24. The molecule has 0 fully saturated rings. The number of rotatable bonds is 4. The van der Waals surface area contributed by atoms with Gasteiger partial charge in [0.2, 0.25) is 0 Å². The van der Waals surface area contributed by atoms with E-state index in [-0.39, 0.29) is 5.75 Å². The van der Waals surface area contributed by atoms with Gasteiger partial charge in [-0.1, -0.05) is 15.9 Å². The summed E-state index contributed by atoms with van der Waals surface area (Å²) >= 11 is 3.27. The quantitative estimate of drug-likeness (QED) is 0.581. The Balaban J connectivity index is 2.98. The molecule has 0 bridgehead atoms. The summed E-state index contributed by atoms with van der Waals surface area (Å²) in [5, 5.41) is 13.4. The summed E-state index contributed by atoms with van der Waals surface area (Å²) in [6.45, 7) is 2.24. The van der Waals surface area contributed by atoms with E-state index in [1.54, 1.807) is 12.1 Å². The summed E-state index contributed by atoms with van der Waals surface area (Å²) in [6.07, 6.45) is 1.27. The summed E-state index contributed by atoms with van der Waals surface area (Å²) in [4.78, 5) is 10.4. The van der Waals surface area contributed by atoms with E-state index < -0.39 is 6.03 Å². The molecule has 4 N–H and O–H groups in total. The van der Waals surface area contributed by atoms with Crippen molar-refractivity contribution in [1.82, 2.24) is 5.43 Å². The van der Waals surface area contributed by atoms with Gasteiger partial charge in [0.25, 0.3) is 0 Å². The van der Waals surface area contributed by atoms with Crippen LogP contribution in [0.2, 0.25) is 0 Å². The van der Waals surface area contributed by atoms with Gasteiger partial charge in [-0.25, -0.2) is 10.2 Å². The molecule has 92 valence electrons. The molecule has 0 aliphatic carbocycles. The number of benzene rings is 1. The average Bonchev–Trinajstić information content (AvgIpc) is 2.24. The molecule has 6 nitrogen and oxygen atoms in total. The van der Waals surface area contributed by atoms with E-state index in [9.17, 15) is 9.90 Å². The Morgan fingerprint density at radius 3 is 3.00 bits per heavy atom.